The number of carbonyl (C=O) groups is 2. The lowest BCUT2D eigenvalue weighted by Gasteiger charge is -2.20. The lowest BCUT2D eigenvalue weighted by Crippen LogP contribution is -2.50. The Kier molecular flexibility index (Phi) is 6.03. The molecule has 0 fully saturated rings. The molecule has 1 aromatic heterocycles. The summed E-state index contributed by atoms with van der Waals surface area (Å²) in [6.07, 6.45) is -3.61. The van der Waals surface area contributed by atoms with Crippen LogP contribution in [0.3, 0.4) is 0 Å². The van der Waals surface area contributed by atoms with Crippen molar-refractivity contribution in [1.29, 1.82) is 0 Å². The first-order chi connectivity index (χ1) is 10.4. The van der Waals surface area contributed by atoms with E-state index in [2.05, 4.69) is 20.9 Å². The Morgan fingerprint density at radius 1 is 1.30 bits per heavy atom. The molecule has 0 spiro atoms. The summed E-state index contributed by atoms with van der Waals surface area (Å²) >= 11 is 2.82. The number of amides is 2. The standard InChI is InChI=1S/C12H11BrF5N3O2/c1-6(9(22)20-5-11(14,15)16)21-10(23)12(17,18)8-7(13)3-2-4-19-8/h2-4,6H,5H2,1H3,(H,20,22)(H,21,23). The van der Waals surface area contributed by atoms with Gasteiger partial charge in [-0.15, -0.1) is 0 Å². The van der Waals surface area contributed by atoms with Crippen molar-refractivity contribution >= 4 is 27.7 Å². The van der Waals surface area contributed by atoms with Gasteiger partial charge < -0.3 is 10.6 Å². The van der Waals surface area contributed by atoms with Crippen LogP contribution >= 0.6 is 15.9 Å². The molecule has 1 unspecified atom stereocenters. The van der Waals surface area contributed by atoms with E-state index in [9.17, 15) is 31.5 Å². The van der Waals surface area contributed by atoms with E-state index in [0.29, 0.717) is 0 Å². The zero-order valence-corrected chi connectivity index (χ0v) is 13.1. The molecule has 11 heteroatoms. The highest BCUT2D eigenvalue weighted by Crippen LogP contribution is 2.31. The Morgan fingerprint density at radius 2 is 1.91 bits per heavy atom. The molecule has 0 aliphatic heterocycles. The summed E-state index contributed by atoms with van der Waals surface area (Å²) in [5.74, 6) is -7.17. The van der Waals surface area contributed by atoms with Crippen LogP contribution in [0.4, 0.5) is 22.0 Å². The third-order valence-electron chi connectivity index (χ3n) is 2.55. The predicted molar refractivity (Wildman–Crippen MR) is 72.5 cm³/mol. The first-order valence-electron chi connectivity index (χ1n) is 6.09. The van der Waals surface area contributed by atoms with E-state index < -0.39 is 42.2 Å². The summed E-state index contributed by atoms with van der Waals surface area (Å²) in [6, 6.07) is 1.01. The lowest BCUT2D eigenvalue weighted by molar-refractivity contribution is -0.150. The van der Waals surface area contributed by atoms with Crippen molar-refractivity contribution in [2.24, 2.45) is 0 Å². The van der Waals surface area contributed by atoms with Gasteiger partial charge in [0.1, 0.15) is 18.3 Å². The zero-order valence-electron chi connectivity index (χ0n) is 11.5. The summed E-state index contributed by atoms with van der Waals surface area (Å²) in [6.45, 7) is -0.651. The molecule has 0 aliphatic carbocycles. The van der Waals surface area contributed by atoms with Gasteiger partial charge in [0, 0.05) is 10.7 Å². The smallest absolute Gasteiger partial charge is 0.345 e. The zero-order chi connectivity index (χ0) is 17.8. The molecule has 2 amide bonds. The largest absolute Gasteiger partial charge is 0.405 e. The van der Waals surface area contributed by atoms with E-state index in [-0.39, 0.29) is 4.47 Å². The minimum atomic E-state index is -4.65. The molecule has 0 saturated carbocycles. The molecule has 1 heterocycles. The van der Waals surface area contributed by atoms with E-state index in [1.165, 1.54) is 17.4 Å². The average molecular weight is 404 g/mol. The minimum Gasteiger partial charge on any atom is -0.345 e. The Morgan fingerprint density at radius 3 is 2.43 bits per heavy atom. The summed E-state index contributed by atoms with van der Waals surface area (Å²) in [5, 5.41) is 3.13. The quantitative estimate of drug-likeness (QED) is 0.739. The highest BCUT2D eigenvalue weighted by atomic mass is 79.9. The number of halogens is 6. The summed E-state index contributed by atoms with van der Waals surface area (Å²) in [5.41, 5.74) is -0.875. The second-order valence-corrected chi connectivity index (χ2v) is 5.29. The van der Waals surface area contributed by atoms with Crippen molar-refractivity contribution in [3.63, 3.8) is 0 Å². The van der Waals surface area contributed by atoms with Crippen LogP contribution < -0.4 is 10.6 Å². The second kappa shape index (κ2) is 7.20. The topological polar surface area (TPSA) is 71.1 Å². The van der Waals surface area contributed by atoms with Crippen LogP contribution in [0, 0.1) is 0 Å². The minimum absolute atomic E-state index is 0.130. The molecule has 5 nitrogen and oxygen atoms in total. The van der Waals surface area contributed by atoms with Crippen LogP contribution in [0.5, 0.6) is 0 Å². The summed E-state index contributed by atoms with van der Waals surface area (Å²) in [4.78, 5) is 26.4. The summed E-state index contributed by atoms with van der Waals surface area (Å²) < 4.78 is 63.7. The molecule has 1 atom stereocenters. The number of hydrogen-bond acceptors (Lipinski definition) is 3. The van der Waals surface area contributed by atoms with Crippen LogP contribution in [-0.4, -0.2) is 35.6 Å². The molecule has 2 N–H and O–H groups in total. The molecule has 0 bridgehead atoms. The monoisotopic (exact) mass is 403 g/mol. The molecule has 0 aliphatic rings. The van der Waals surface area contributed by atoms with Gasteiger partial charge in [0.05, 0.1) is 0 Å². The Balaban J connectivity index is 2.74. The van der Waals surface area contributed by atoms with E-state index in [1.54, 1.807) is 5.32 Å². The maximum atomic E-state index is 14.0. The Bertz CT molecular complexity index is 594. The predicted octanol–water partition coefficient (Wildman–Crippen LogP) is 2.12. The molecule has 0 saturated heterocycles. The fourth-order valence-electron chi connectivity index (χ4n) is 1.42. The van der Waals surface area contributed by atoms with Crippen LogP contribution in [0.2, 0.25) is 0 Å². The van der Waals surface area contributed by atoms with Crippen LogP contribution in [0.1, 0.15) is 12.6 Å². The van der Waals surface area contributed by atoms with Gasteiger partial charge in [0.15, 0.2) is 0 Å². The van der Waals surface area contributed by atoms with Crippen molar-refractivity contribution in [2.45, 2.75) is 25.1 Å². The first kappa shape index (κ1) is 19.3. The molecule has 1 rings (SSSR count). The molecule has 0 radical (unpaired) electrons. The van der Waals surface area contributed by atoms with Crippen molar-refractivity contribution < 1.29 is 31.5 Å². The molecule has 0 aromatic carbocycles. The van der Waals surface area contributed by atoms with Gasteiger partial charge in [-0.1, -0.05) is 0 Å². The van der Waals surface area contributed by atoms with Gasteiger partial charge in [0.2, 0.25) is 5.91 Å². The van der Waals surface area contributed by atoms with Gasteiger partial charge in [-0.05, 0) is 35.0 Å². The van der Waals surface area contributed by atoms with E-state index in [4.69, 9.17) is 0 Å². The highest BCUT2D eigenvalue weighted by molar-refractivity contribution is 9.10. The van der Waals surface area contributed by atoms with Crippen LogP contribution in [0.15, 0.2) is 22.8 Å². The lowest BCUT2D eigenvalue weighted by atomic mass is 10.2. The number of nitrogens with zero attached hydrogens (tertiary/aromatic N) is 1. The van der Waals surface area contributed by atoms with Crippen LogP contribution in [-0.2, 0) is 15.5 Å². The number of aromatic nitrogens is 1. The number of hydrogen-bond donors (Lipinski definition) is 2. The highest BCUT2D eigenvalue weighted by Gasteiger charge is 2.45. The molecular weight excluding hydrogens is 393 g/mol. The SMILES string of the molecule is CC(NC(=O)C(F)(F)c1ncccc1Br)C(=O)NCC(F)(F)F. The molecule has 23 heavy (non-hydrogen) atoms. The third-order valence-corrected chi connectivity index (χ3v) is 3.18. The van der Waals surface area contributed by atoms with E-state index in [0.717, 1.165) is 13.1 Å². The van der Waals surface area contributed by atoms with Crippen molar-refractivity contribution in [3.05, 3.63) is 28.5 Å². The van der Waals surface area contributed by atoms with Crippen molar-refractivity contribution in [1.82, 2.24) is 15.6 Å². The van der Waals surface area contributed by atoms with Crippen LogP contribution in [0.25, 0.3) is 0 Å². The van der Waals surface area contributed by atoms with Crippen molar-refractivity contribution in [2.75, 3.05) is 6.54 Å². The van der Waals surface area contributed by atoms with Gasteiger partial charge in [-0.3, -0.25) is 14.6 Å². The Hall–Kier alpha value is -1.78. The fraction of sp³-hybridized carbons (Fsp3) is 0.417. The number of alkyl halides is 5. The van der Waals surface area contributed by atoms with Gasteiger partial charge >= 0.3 is 12.1 Å². The van der Waals surface area contributed by atoms with E-state index in [1.807, 2.05) is 0 Å². The van der Waals surface area contributed by atoms with Gasteiger partial charge in [0.25, 0.3) is 5.91 Å². The third kappa shape index (κ3) is 5.41. The molecule has 128 valence electrons. The number of pyridine rings is 1. The second-order valence-electron chi connectivity index (χ2n) is 4.44. The first-order valence-corrected chi connectivity index (χ1v) is 6.88. The van der Waals surface area contributed by atoms with Gasteiger partial charge in [-0.2, -0.15) is 22.0 Å². The maximum Gasteiger partial charge on any atom is 0.405 e. The van der Waals surface area contributed by atoms with Gasteiger partial charge in [-0.25, -0.2) is 0 Å². The Labute approximate surface area is 135 Å². The van der Waals surface area contributed by atoms with E-state index >= 15 is 0 Å². The number of nitrogens with one attached hydrogen (secondary N) is 2. The molecule has 1 aromatic rings. The summed E-state index contributed by atoms with van der Waals surface area (Å²) in [7, 11) is 0. The number of rotatable bonds is 5. The van der Waals surface area contributed by atoms with Crippen molar-refractivity contribution in [3.8, 4) is 0 Å². The number of carbonyl (C=O) groups excluding carboxylic acids is 2. The normalized spacial score (nSPS) is 13.3. The fourth-order valence-corrected chi connectivity index (χ4v) is 1.92. The average Bonchev–Trinajstić information content (AvgIpc) is 2.43. The molecular formula is C12H11BrF5N3O2. The maximum absolute atomic E-state index is 14.0.